The van der Waals surface area contributed by atoms with E-state index >= 15 is 0 Å². The molecule has 1 aliphatic heterocycles. The number of hydrogen-bond donors (Lipinski definition) is 1. The summed E-state index contributed by atoms with van der Waals surface area (Å²) in [5.41, 5.74) is 2.88. The maximum Gasteiger partial charge on any atom is 0.270 e. The predicted molar refractivity (Wildman–Crippen MR) is 92.8 cm³/mol. The topological polar surface area (TPSA) is 99.7 Å². The molecule has 8 heteroatoms. The molecule has 3 aromatic rings. The van der Waals surface area contributed by atoms with Crippen molar-refractivity contribution in [2.75, 3.05) is 6.79 Å². The highest BCUT2D eigenvalue weighted by Crippen LogP contribution is 2.34. The smallest absolute Gasteiger partial charge is 0.270 e. The van der Waals surface area contributed by atoms with Crippen molar-refractivity contribution < 1.29 is 19.5 Å². The van der Waals surface area contributed by atoms with Crippen LogP contribution < -0.4 is 4.74 Å². The summed E-state index contributed by atoms with van der Waals surface area (Å²) in [4.78, 5) is 15.4. The van der Waals surface area contributed by atoms with E-state index in [0.29, 0.717) is 29.2 Å². The second-order valence-electron chi connectivity index (χ2n) is 6.18. The average molecular weight is 355 g/mol. The lowest BCUT2D eigenvalue weighted by Gasteiger charge is -2.21. The van der Waals surface area contributed by atoms with E-state index in [1.165, 1.54) is 12.1 Å². The molecule has 1 unspecified atom stereocenters. The minimum Gasteiger partial charge on any atom is -0.467 e. The van der Waals surface area contributed by atoms with Gasteiger partial charge in [-0.25, -0.2) is 4.98 Å². The van der Waals surface area contributed by atoms with Crippen LogP contribution >= 0.6 is 0 Å². The number of rotatable bonds is 4. The first kappa shape index (κ1) is 16.5. The minimum atomic E-state index is -0.777. The van der Waals surface area contributed by atoms with Gasteiger partial charge in [-0.2, -0.15) is 0 Å². The van der Waals surface area contributed by atoms with Gasteiger partial charge in [0.25, 0.3) is 5.69 Å². The quantitative estimate of drug-likeness (QED) is 0.570. The van der Waals surface area contributed by atoms with Crippen LogP contribution in [-0.4, -0.2) is 26.4 Å². The second kappa shape index (κ2) is 6.40. The molecule has 26 heavy (non-hydrogen) atoms. The summed E-state index contributed by atoms with van der Waals surface area (Å²) in [6.45, 7) is 2.30. The Kier molecular flexibility index (Phi) is 4.06. The number of imidazole rings is 1. The molecular formula is C18H17N3O5. The van der Waals surface area contributed by atoms with Gasteiger partial charge < -0.3 is 19.1 Å². The highest BCUT2D eigenvalue weighted by atomic mass is 16.7. The third-order valence-corrected chi connectivity index (χ3v) is 4.37. The maximum atomic E-state index is 11.3. The minimum absolute atomic E-state index is 0.0177. The number of benzene rings is 2. The Balaban J connectivity index is 1.87. The van der Waals surface area contributed by atoms with E-state index in [0.717, 1.165) is 11.0 Å². The lowest BCUT2D eigenvalue weighted by Crippen LogP contribution is -2.16. The zero-order valence-electron chi connectivity index (χ0n) is 14.1. The van der Waals surface area contributed by atoms with Gasteiger partial charge in [-0.3, -0.25) is 10.1 Å². The summed E-state index contributed by atoms with van der Waals surface area (Å²) in [5, 5.41) is 21.4. The van der Waals surface area contributed by atoms with Crippen molar-refractivity contribution in [2.45, 2.75) is 26.2 Å². The Morgan fingerprint density at radius 2 is 2.19 bits per heavy atom. The number of hydrogen-bond acceptors (Lipinski definition) is 6. The summed E-state index contributed by atoms with van der Waals surface area (Å²) in [6, 6.07) is 10.5. The number of ether oxygens (including phenoxy) is 2. The van der Waals surface area contributed by atoms with Crippen LogP contribution in [0, 0.1) is 10.1 Å². The summed E-state index contributed by atoms with van der Waals surface area (Å²) in [7, 11) is 0. The van der Waals surface area contributed by atoms with Crippen molar-refractivity contribution >= 4 is 16.7 Å². The fourth-order valence-corrected chi connectivity index (χ4v) is 3.25. The third kappa shape index (κ3) is 2.79. The van der Waals surface area contributed by atoms with Crippen LogP contribution in [0.25, 0.3) is 11.0 Å². The molecule has 4 rings (SSSR count). The molecule has 0 aliphatic carbocycles. The lowest BCUT2D eigenvalue weighted by molar-refractivity contribution is -0.385. The summed E-state index contributed by atoms with van der Waals surface area (Å²) in [5.74, 6) is 1.09. The van der Waals surface area contributed by atoms with Crippen LogP contribution in [0.2, 0.25) is 0 Å². The molecule has 1 aliphatic rings. The molecule has 0 saturated carbocycles. The van der Waals surface area contributed by atoms with Crippen molar-refractivity contribution in [2.24, 2.45) is 0 Å². The van der Waals surface area contributed by atoms with E-state index in [2.05, 4.69) is 4.98 Å². The van der Waals surface area contributed by atoms with Crippen molar-refractivity contribution in [3.05, 3.63) is 63.5 Å². The first-order chi connectivity index (χ1) is 12.5. The number of aliphatic hydroxyl groups excluding tert-OH is 1. The highest BCUT2D eigenvalue weighted by Gasteiger charge is 2.23. The standard InChI is InChI=1S/C18H17N3O5/c1-11(22)18-19-15-4-2-3-5-16(15)20(18)8-12-6-14(21(23)24)7-13-9-25-10-26-17(12)13/h2-7,11,22H,8-10H2,1H3. The van der Waals surface area contributed by atoms with Gasteiger partial charge in [-0.15, -0.1) is 0 Å². The summed E-state index contributed by atoms with van der Waals surface area (Å²) < 4.78 is 12.7. The first-order valence-corrected chi connectivity index (χ1v) is 8.18. The molecule has 8 nitrogen and oxygen atoms in total. The summed E-state index contributed by atoms with van der Waals surface area (Å²) >= 11 is 0. The van der Waals surface area contributed by atoms with Crippen LogP contribution in [0.15, 0.2) is 36.4 Å². The van der Waals surface area contributed by atoms with Crippen molar-refractivity contribution in [3.63, 3.8) is 0 Å². The Labute approximate surface area is 148 Å². The molecule has 2 heterocycles. The molecule has 134 valence electrons. The van der Waals surface area contributed by atoms with E-state index in [-0.39, 0.29) is 19.1 Å². The number of non-ortho nitro benzene ring substituents is 1. The molecular weight excluding hydrogens is 338 g/mol. The van der Waals surface area contributed by atoms with Gasteiger partial charge in [0.15, 0.2) is 6.79 Å². The SMILES string of the molecule is CC(O)c1nc2ccccc2n1Cc1cc([N+](=O)[O-])cc2c1OCOC2. The number of fused-ring (bicyclic) bond motifs is 2. The summed E-state index contributed by atoms with van der Waals surface area (Å²) in [6.07, 6.45) is -0.777. The van der Waals surface area contributed by atoms with Gasteiger partial charge in [0.05, 0.1) is 29.1 Å². The Morgan fingerprint density at radius 3 is 2.96 bits per heavy atom. The van der Waals surface area contributed by atoms with Gasteiger partial charge >= 0.3 is 0 Å². The van der Waals surface area contributed by atoms with Crippen molar-refractivity contribution in [1.29, 1.82) is 0 Å². The Hall–Kier alpha value is -2.97. The van der Waals surface area contributed by atoms with Crippen LogP contribution in [0.3, 0.4) is 0 Å². The molecule has 0 spiro atoms. The van der Waals surface area contributed by atoms with E-state index in [9.17, 15) is 15.2 Å². The van der Waals surface area contributed by atoms with E-state index in [4.69, 9.17) is 9.47 Å². The lowest BCUT2D eigenvalue weighted by atomic mass is 10.1. The van der Waals surface area contributed by atoms with Crippen molar-refractivity contribution in [3.8, 4) is 5.75 Å². The Morgan fingerprint density at radius 1 is 1.38 bits per heavy atom. The molecule has 2 aromatic carbocycles. The number of nitro benzene ring substituents is 1. The number of para-hydroxylation sites is 2. The third-order valence-electron chi connectivity index (χ3n) is 4.37. The first-order valence-electron chi connectivity index (χ1n) is 8.18. The number of aromatic nitrogens is 2. The highest BCUT2D eigenvalue weighted by molar-refractivity contribution is 5.76. The number of nitro groups is 1. The predicted octanol–water partition coefficient (Wildman–Crippen LogP) is 2.91. The molecule has 0 fully saturated rings. The maximum absolute atomic E-state index is 11.3. The fraction of sp³-hybridized carbons (Fsp3) is 0.278. The van der Waals surface area contributed by atoms with Gasteiger partial charge in [-0.1, -0.05) is 12.1 Å². The van der Waals surface area contributed by atoms with Crippen molar-refractivity contribution in [1.82, 2.24) is 9.55 Å². The van der Waals surface area contributed by atoms with Gasteiger partial charge in [0.1, 0.15) is 17.7 Å². The average Bonchev–Trinajstić information content (AvgIpc) is 3.00. The Bertz CT molecular complexity index is 996. The van der Waals surface area contributed by atoms with Crippen LogP contribution in [0.1, 0.15) is 30.0 Å². The van der Waals surface area contributed by atoms with Crippen LogP contribution in [0.5, 0.6) is 5.75 Å². The molecule has 1 aromatic heterocycles. The second-order valence-corrected chi connectivity index (χ2v) is 6.18. The number of nitrogens with zero attached hydrogens (tertiary/aromatic N) is 3. The molecule has 0 bridgehead atoms. The molecule has 0 radical (unpaired) electrons. The largest absolute Gasteiger partial charge is 0.467 e. The molecule has 0 saturated heterocycles. The van der Waals surface area contributed by atoms with E-state index < -0.39 is 11.0 Å². The van der Waals surface area contributed by atoms with Gasteiger partial charge in [0, 0.05) is 23.3 Å². The zero-order valence-corrected chi connectivity index (χ0v) is 14.1. The van der Waals surface area contributed by atoms with Gasteiger partial charge in [0.2, 0.25) is 0 Å². The molecule has 1 N–H and O–H groups in total. The molecule has 1 atom stereocenters. The zero-order chi connectivity index (χ0) is 18.3. The monoisotopic (exact) mass is 355 g/mol. The van der Waals surface area contributed by atoms with E-state index in [1.54, 1.807) is 6.92 Å². The fourth-order valence-electron chi connectivity index (χ4n) is 3.25. The van der Waals surface area contributed by atoms with Crippen LogP contribution in [-0.2, 0) is 17.9 Å². The van der Waals surface area contributed by atoms with Crippen LogP contribution in [0.4, 0.5) is 5.69 Å². The van der Waals surface area contributed by atoms with Gasteiger partial charge in [-0.05, 0) is 19.1 Å². The number of aliphatic hydroxyl groups is 1. The molecule has 0 amide bonds. The van der Waals surface area contributed by atoms with E-state index in [1.807, 2.05) is 28.8 Å². The normalized spacial score (nSPS) is 14.7.